The Morgan fingerprint density at radius 2 is 1.91 bits per heavy atom. The van der Waals surface area contributed by atoms with Gasteiger partial charge in [0.2, 0.25) is 0 Å². The molecule has 0 amide bonds. The summed E-state index contributed by atoms with van der Waals surface area (Å²) in [5.41, 5.74) is 0. The molecule has 0 bridgehead atoms. The molecule has 0 heterocycles. The maximum atomic E-state index is 5.71. The summed E-state index contributed by atoms with van der Waals surface area (Å²) < 4.78 is -1.04. The van der Waals surface area contributed by atoms with Gasteiger partial charge in [-0.25, -0.2) is 0 Å². The van der Waals surface area contributed by atoms with Crippen LogP contribution in [-0.2, 0) is 0 Å². The van der Waals surface area contributed by atoms with E-state index in [1.807, 2.05) is 0 Å². The Balaban J connectivity index is 2.37. The lowest BCUT2D eigenvalue weighted by Gasteiger charge is -2.19. The number of rotatable bonds is 1. The summed E-state index contributed by atoms with van der Waals surface area (Å²) in [6.07, 6.45) is 4.55. The molecule has 2 atom stereocenters. The second-order valence-corrected chi connectivity index (χ2v) is 6.00. The average Bonchev–Trinajstić information content (AvgIpc) is 2.12. The lowest BCUT2D eigenvalue weighted by Crippen LogP contribution is -2.13. The van der Waals surface area contributed by atoms with Crippen LogP contribution in [0.25, 0.3) is 0 Å². The molecule has 0 spiro atoms. The van der Waals surface area contributed by atoms with E-state index in [1.54, 1.807) is 0 Å². The van der Waals surface area contributed by atoms with Gasteiger partial charge in [-0.05, 0) is 18.3 Å². The van der Waals surface area contributed by atoms with E-state index in [0.29, 0.717) is 5.92 Å². The first kappa shape index (κ1) is 9.95. The lowest BCUT2D eigenvalue weighted by atomic mass is 9.95. The number of hydrogen-bond donors (Lipinski definition) is 0. The molecule has 0 aromatic carbocycles. The molecule has 1 aliphatic rings. The van der Waals surface area contributed by atoms with Crippen molar-refractivity contribution in [2.45, 2.75) is 36.4 Å². The topological polar surface area (TPSA) is 0 Å². The quantitative estimate of drug-likeness (QED) is 0.576. The van der Waals surface area contributed by atoms with Crippen molar-refractivity contribution in [3.05, 3.63) is 0 Å². The Kier molecular flexibility index (Phi) is 3.37. The molecule has 2 unspecified atom stereocenters. The summed E-state index contributed by atoms with van der Waals surface area (Å²) in [4.78, 5) is 0. The molecule has 66 valence electrons. The molecule has 0 aromatic rings. The first-order chi connectivity index (χ1) is 4.99. The minimum Gasteiger partial charge on any atom is -0.0837 e. The zero-order chi connectivity index (χ0) is 8.48. The maximum Gasteiger partial charge on any atom is 0.190 e. The molecule has 1 aliphatic carbocycles. The highest BCUT2D eigenvalue weighted by atomic mass is 35.6. The van der Waals surface area contributed by atoms with Crippen LogP contribution in [0.1, 0.15) is 32.6 Å². The highest BCUT2D eigenvalue weighted by Crippen LogP contribution is 2.42. The fraction of sp³-hybridized carbons (Fsp3) is 1.00. The Morgan fingerprint density at radius 3 is 2.27 bits per heavy atom. The Labute approximate surface area is 83.2 Å². The largest absolute Gasteiger partial charge is 0.190 e. The van der Waals surface area contributed by atoms with Crippen LogP contribution in [0.5, 0.6) is 0 Å². The molecule has 0 radical (unpaired) electrons. The van der Waals surface area contributed by atoms with E-state index in [0.717, 1.165) is 12.3 Å². The van der Waals surface area contributed by atoms with Gasteiger partial charge in [-0.2, -0.15) is 0 Å². The van der Waals surface area contributed by atoms with Crippen molar-refractivity contribution in [1.82, 2.24) is 0 Å². The number of alkyl halides is 3. The van der Waals surface area contributed by atoms with Crippen LogP contribution in [0.4, 0.5) is 0 Å². The summed E-state index contributed by atoms with van der Waals surface area (Å²) in [6.45, 7) is 2.24. The van der Waals surface area contributed by atoms with Gasteiger partial charge in [0.15, 0.2) is 3.79 Å². The van der Waals surface area contributed by atoms with Crippen molar-refractivity contribution >= 4 is 34.8 Å². The zero-order valence-electron chi connectivity index (χ0n) is 6.62. The number of hydrogen-bond acceptors (Lipinski definition) is 0. The van der Waals surface area contributed by atoms with E-state index in [-0.39, 0.29) is 0 Å². The third-order valence-electron chi connectivity index (χ3n) is 2.53. The minimum absolute atomic E-state index is 0.627. The average molecular weight is 216 g/mol. The fourth-order valence-corrected chi connectivity index (χ4v) is 2.42. The van der Waals surface area contributed by atoms with Gasteiger partial charge in [0.05, 0.1) is 0 Å². The van der Waals surface area contributed by atoms with Gasteiger partial charge >= 0.3 is 0 Å². The predicted octanol–water partition coefficient (Wildman–Crippen LogP) is 4.18. The SMILES string of the molecule is CC1CCCC1CC(Cl)(Cl)Cl. The van der Waals surface area contributed by atoms with E-state index in [9.17, 15) is 0 Å². The maximum absolute atomic E-state index is 5.71. The highest BCUT2D eigenvalue weighted by Gasteiger charge is 2.31. The fourth-order valence-electron chi connectivity index (χ4n) is 1.82. The molecule has 0 aliphatic heterocycles. The molecule has 3 heteroatoms. The molecule has 0 saturated heterocycles. The summed E-state index contributed by atoms with van der Waals surface area (Å²) in [7, 11) is 0. The molecule has 0 aromatic heterocycles. The molecule has 1 fully saturated rings. The van der Waals surface area contributed by atoms with E-state index < -0.39 is 3.79 Å². The normalized spacial score (nSPS) is 32.7. The van der Waals surface area contributed by atoms with Crippen LogP contribution in [0.15, 0.2) is 0 Å². The monoisotopic (exact) mass is 214 g/mol. The van der Waals surface area contributed by atoms with Crippen LogP contribution in [0.3, 0.4) is 0 Å². The van der Waals surface area contributed by atoms with Gasteiger partial charge in [0.25, 0.3) is 0 Å². The molecular formula is C8H13Cl3. The van der Waals surface area contributed by atoms with Crippen LogP contribution in [0.2, 0.25) is 0 Å². The third kappa shape index (κ3) is 3.40. The van der Waals surface area contributed by atoms with Crippen LogP contribution < -0.4 is 0 Å². The standard InChI is InChI=1S/C8H13Cl3/c1-6-3-2-4-7(6)5-8(9,10)11/h6-7H,2-5H2,1H3. The molecule has 0 nitrogen and oxygen atoms in total. The molecule has 0 N–H and O–H groups in total. The molecule has 11 heavy (non-hydrogen) atoms. The van der Waals surface area contributed by atoms with Crippen molar-refractivity contribution in [2.24, 2.45) is 11.8 Å². The van der Waals surface area contributed by atoms with Crippen molar-refractivity contribution in [3.63, 3.8) is 0 Å². The summed E-state index contributed by atoms with van der Waals surface area (Å²) in [5.74, 6) is 1.37. The summed E-state index contributed by atoms with van der Waals surface area (Å²) in [5, 5.41) is 0. The summed E-state index contributed by atoms with van der Waals surface area (Å²) in [6, 6.07) is 0. The first-order valence-corrected chi connectivity index (χ1v) is 5.19. The smallest absolute Gasteiger partial charge is 0.0837 e. The van der Waals surface area contributed by atoms with E-state index >= 15 is 0 Å². The van der Waals surface area contributed by atoms with Gasteiger partial charge in [0.1, 0.15) is 0 Å². The lowest BCUT2D eigenvalue weighted by molar-refractivity contribution is 0.395. The second kappa shape index (κ2) is 3.72. The van der Waals surface area contributed by atoms with Gasteiger partial charge in [0, 0.05) is 0 Å². The predicted molar refractivity (Wildman–Crippen MR) is 51.4 cm³/mol. The zero-order valence-corrected chi connectivity index (χ0v) is 8.88. The molecular weight excluding hydrogens is 202 g/mol. The second-order valence-electron chi connectivity index (χ2n) is 3.49. The molecule has 1 saturated carbocycles. The van der Waals surface area contributed by atoms with E-state index in [1.165, 1.54) is 19.3 Å². The van der Waals surface area contributed by atoms with Crippen molar-refractivity contribution < 1.29 is 0 Å². The first-order valence-electron chi connectivity index (χ1n) is 4.06. The van der Waals surface area contributed by atoms with E-state index in [2.05, 4.69) is 6.92 Å². The van der Waals surface area contributed by atoms with Gasteiger partial charge < -0.3 is 0 Å². The van der Waals surface area contributed by atoms with Gasteiger partial charge in [-0.3, -0.25) is 0 Å². The number of halogens is 3. The van der Waals surface area contributed by atoms with Crippen LogP contribution in [-0.4, -0.2) is 3.79 Å². The molecule has 1 rings (SSSR count). The minimum atomic E-state index is -1.04. The van der Waals surface area contributed by atoms with E-state index in [4.69, 9.17) is 34.8 Å². The summed E-state index contributed by atoms with van der Waals surface area (Å²) >= 11 is 17.1. The Hall–Kier alpha value is 0.870. The Morgan fingerprint density at radius 1 is 1.27 bits per heavy atom. The van der Waals surface area contributed by atoms with Crippen LogP contribution in [0, 0.1) is 11.8 Å². The van der Waals surface area contributed by atoms with Crippen molar-refractivity contribution in [3.8, 4) is 0 Å². The van der Waals surface area contributed by atoms with Gasteiger partial charge in [-0.1, -0.05) is 61.0 Å². The van der Waals surface area contributed by atoms with Crippen molar-refractivity contribution in [2.75, 3.05) is 0 Å². The Bertz CT molecular complexity index is 128. The van der Waals surface area contributed by atoms with Crippen molar-refractivity contribution in [1.29, 1.82) is 0 Å². The van der Waals surface area contributed by atoms with Crippen LogP contribution >= 0.6 is 34.8 Å². The highest BCUT2D eigenvalue weighted by molar-refractivity contribution is 6.67. The third-order valence-corrected chi connectivity index (χ3v) is 3.00. The van der Waals surface area contributed by atoms with Gasteiger partial charge in [-0.15, -0.1) is 0 Å².